The number of carbonyl (C=O) groups is 2. The maximum atomic E-state index is 12.2. The molecule has 2 rings (SSSR count). The van der Waals surface area contributed by atoms with E-state index in [1.54, 1.807) is 32.9 Å². The van der Waals surface area contributed by atoms with Gasteiger partial charge in [-0.05, 0) is 39.3 Å². The Hall–Kier alpha value is -2.08. The zero-order chi connectivity index (χ0) is 16.3. The molecule has 1 aliphatic rings. The first-order valence-corrected chi connectivity index (χ1v) is 7.36. The quantitative estimate of drug-likeness (QED) is 0.890. The van der Waals surface area contributed by atoms with Gasteiger partial charge in [0.25, 0.3) is 0 Å². The summed E-state index contributed by atoms with van der Waals surface area (Å²) in [5, 5.41) is 2.76. The van der Waals surface area contributed by atoms with E-state index >= 15 is 0 Å². The molecule has 0 saturated heterocycles. The second-order valence-electron chi connectivity index (χ2n) is 6.49. The zero-order valence-corrected chi connectivity index (χ0v) is 13.2. The zero-order valence-electron chi connectivity index (χ0n) is 13.2. The van der Waals surface area contributed by atoms with Gasteiger partial charge in [0, 0.05) is 11.7 Å². The highest BCUT2D eigenvalue weighted by Crippen LogP contribution is 2.27. The van der Waals surface area contributed by atoms with Crippen LogP contribution in [0.2, 0.25) is 0 Å². The Morgan fingerprint density at radius 3 is 2.41 bits per heavy atom. The Kier molecular flexibility index (Phi) is 4.71. The molecule has 2 atom stereocenters. The summed E-state index contributed by atoms with van der Waals surface area (Å²) in [6.45, 7) is 5.31. The van der Waals surface area contributed by atoms with Crippen LogP contribution in [0.1, 0.15) is 27.2 Å². The monoisotopic (exact) mass is 305 g/mol. The molecule has 6 heteroatoms. The molecule has 0 heterocycles. The van der Waals surface area contributed by atoms with Crippen LogP contribution in [0.4, 0.5) is 10.5 Å². The van der Waals surface area contributed by atoms with Gasteiger partial charge in [0.05, 0.1) is 6.04 Å². The van der Waals surface area contributed by atoms with E-state index in [1.165, 1.54) is 4.90 Å². The number of nitrogens with two attached hydrogens (primary N) is 1. The summed E-state index contributed by atoms with van der Waals surface area (Å²) in [6.07, 6.45) is 0.186. The number of nitrogens with zero attached hydrogens (tertiary/aromatic N) is 1. The van der Waals surface area contributed by atoms with Crippen molar-refractivity contribution in [3.8, 4) is 0 Å². The fourth-order valence-corrected chi connectivity index (χ4v) is 2.07. The summed E-state index contributed by atoms with van der Waals surface area (Å²) in [6, 6.07) is 8.90. The molecule has 2 unspecified atom stereocenters. The van der Waals surface area contributed by atoms with E-state index in [2.05, 4.69) is 5.32 Å². The van der Waals surface area contributed by atoms with Crippen molar-refractivity contribution in [1.29, 1.82) is 0 Å². The highest BCUT2D eigenvalue weighted by Gasteiger charge is 2.43. The fourth-order valence-electron chi connectivity index (χ4n) is 2.07. The highest BCUT2D eigenvalue weighted by atomic mass is 16.6. The first-order chi connectivity index (χ1) is 10.3. The van der Waals surface area contributed by atoms with Crippen LogP contribution in [0.5, 0.6) is 0 Å². The number of anilines is 1. The Morgan fingerprint density at radius 1 is 1.32 bits per heavy atom. The topological polar surface area (TPSA) is 84.7 Å². The predicted molar refractivity (Wildman–Crippen MR) is 84.4 cm³/mol. The van der Waals surface area contributed by atoms with E-state index in [-0.39, 0.29) is 24.5 Å². The van der Waals surface area contributed by atoms with Crippen LogP contribution in [0.25, 0.3) is 0 Å². The summed E-state index contributed by atoms with van der Waals surface area (Å²) < 4.78 is 5.35. The number of benzene rings is 1. The van der Waals surface area contributed by atoms with E-state index < -0.39 is 11.7 Å². The Morgan fingerprint density at radius 2 is 1.91 bits per heavy atom. The molecule has 120 valence electrons. The molecule has 0 bridgehead atoms. The van der Waals surface area contributed by atoms with Crippen molar-refractivity contribution in [1.82, 2.24) is 4.90 Å². The molecule has 1 aromatic rings. The largest absolute Gasteiger partial charge is 0.444 e. The summed E-state index contributed by atoms with van der Waals surface area (Å²) >= 11 is 0. The van der Waals surface area contributed by atoms with E-state index in [9.17, 15) is 9.59 Å². The number of ether oxygens (including phenoxy) is 1. The lowest BCUT2D eigenvalue weighted by atomic mass is 10.2. The van der Waals surface area contributed by atoms with Crippen LogP contribution in [0.3, 0.4) is 0 Å². The van der Waals surface area contributed by atoms with Gasteiger partial charge in [-0.2, -0.15) is 0 Å². The number of hydrogen-bond donors (Lipinski definition) is 2. The van der Waals surface area contributed by atoms with Crippen molar-refractivity contribution in [2.24, 2.45) is 5.73 Å². The van der Waals surface area contributed by atoms with E-state index in [0.717, 1.165) is 0 Å². The summed E-state index contributed by atoms with van der Waals surface area (Å²) in [4.78, 5) is 25.8. The first kappa shape index (κ1) is 16.3. The van der Waals surface area contributed by atoms with Crippen LogP contribution in [-0.2, 0) is 9.53 Å². The molecule has 0 spiro atoms. The van der Waals surface area contributed by atoms with E-state index in [0.29, 0.717) is 12.1 Å². The van der Waals surface area contributed by atoms with Crippen molar-refractivity contribution in [2.45, 2.75) is 44.9 Å². The average molecular weight is 305 g/mol. The maximum absolute atomic E-state index is 12.2. The van der Waals surface area contributed by atoms with Gasteiger partial charge < -0.3 is 15.8 Å². The smallest absolute Gasteiger partial charge is 0.411 e. The number of nitrogens with one attached hydrogen (secondary N) is 1. The van der Waals surface area contributed by atoms with Crippen molar-refractivity contribution < 1.29 is 14.3 Å². The lowest BCUT2D eigenvalue weighted by molar-refractivity contribution is -0.117. The molecule has 1 aromatic carbocycles. The van der Waals surface area contributed by atoms with Crippen molar-refractivity contribution in [2.75, 3.05) is 11.9 Å². The molecule has 0 radical (unpaired) electrons. The fraction of sp³-hybridized carbons (Fsp3) is 0.500. The summed E-state index contributed by atoms with van der Waals surface area (Å²) in [7, 11) is 0. The van der Waals surface area contributed by atoms with Gasteiger partial charge >= 0.3 is 6.09 Å². The SMILES string of the molecule is CC(C)(C)OC(=O)N(CC(=O)Nc1ccccc1)C1CC1N. The van der Waals surface area contributed by atoms with Crippen LogP contribution in [0.15, 0.2) is 30.3 Å². The molecule has 22 heavy (non-hydrogen) atoms. The lowest BCUT2D eigenvalue weighted by Gasteiger charge is -2.27. The summed E-state index contributed by atoms with van der Waals surface area (Å²) in [5.41, 5.74) is 5.90. The number of rotatable bonds is 4. The molecule has 3 N–H and O–H groups in total. The minimum atomic E-state index is -0.607. The molecular formula is C16H23N3O3. The molecule has 6 nitrogen and oxygen atoms in total. The standard InChI is InChI=1S/C16H23N3O3/c1-16(2,3)22-15(21)19(13-9-12(13)17)10-14(20)18-11-7-5-4-6-8-11/h4-8,12-13H,9-10,17H2,1-3H3,(H,18,20). The maximum Gasteiger partial charge on any atom is 0.411 e. The molecule has 1 saturated carbocycles. The minimum absolute atomic E-state index is 0.0673. The molecule has 1 aliphatic carbocycles. The highest BCUT2D eigenvalue weighted by molar-refractivity contribution is 5.94. The second kappa shape index (κ2) is 6.36. The third-order valence-electron chi connectivity index (χ3n) is 3.20. The van der Waals surface area contributed by atoms with Gasteiger partial charge in [0.1, 0.15) is 12.1 Å². The van der Waals surface area contributed by atoms with Crippen molar-refractivity contribution in [3.05, 3.63) is 30.3 Å². The minimum Gasteiger partial charge on any atom is -0.444 e. The van der Waals surface area contributed by atoms with Crippen LogP contribution < -0.4 is 11.1 Å². The van der Waals surface area contributed by atoms with Crippen LogP contribution in [-0.4, -0.2) is 41.1 Å². The number of para-hydroxylation sites is 1. The van der Waals surface area contributed by atoms with Gasteiger partial charge in [0.15, 0.2) is 0 Å². The molecule has 0 aromatic heterocycles. The third-order valence-corrected chi connectivity index (χ3v) is 3.20. The lowest BCUT2D eigenvalue weighted by Crippen LogP contribution is -2.44. The Balaban J connectivity index is 1.98. The third kappa shape index (κ3) is 4.73. The van der Waals surface area contributed by atoms with Gasteiger partial charge in [-0.3, -0.25) is 9.69 Å². The first-order valence-electron chi connectivity index (χ1n) is 7.36. The van der Waals surface area contributed by atoms with E-state index in [4.69, 9.17) is 10.5 Å². The predicted octanol–water partition coefficient (Wildman–Crippen LogP) is 1.96. The number of carbonyl (C=O) groups excluding carboxylic acids is 2. The van der Waals surface area contributed by atoms with Gasteiger partial charge in [-0.15, -0.1) is 0 Å². The van der Waals surface area contributed by atoms with E-state index in [1.807, 2.05) is 18.2 Å². The number of amides is 2. The molecule has 0 aliphatic heterocycles. The molecular weight excluding hydrogens is 282 g/mol. The van der Waals surface area contributed by atoms with Gasteiger partial charge in [-0.1, -0.05) is 18.2 Å². The summed E-state index contributed by atoms with van der Waals surface area (Å²) in [5.74, 6) is -0.267. The van der Waals surface area contributed by atoms with Gasteiger partial charge in [0.2, 0.25) is 5.91 Å². The Labute approximate surface area is 130 Å². The van der Waals surface area contributed by atoms with Crippen LogP contribution >= 0.6 is 0 Å². The normalized spacial score (nSPS) is 20.2. The second-order valence-corrected chi connectivity index (χ2v) is 6.49. The van der Waals surface area contributed by atoms with Crippen molar-refractivity contribution >= 4 is 17.7 Å². The molecule has 1 fully saturated rings. The van der Waals surface area contributed by atoms with Crippen molar-refractivity contribution in [3.63, 3.8) is 0 Å². The van der Waals surface area contributed by atoms with Crippen LogP contribution in [0, 0.1) is 0 Å². The Bertz CT molecular complexity index is 539. The van der Waals surface area contributed by atoms with Gasteiger partial charge in [-0.25, -0.2) is 4.79 Å². The average Bonchev–Trinajstić information content (AvgIpc) is 3.12. The molecule has 2 amide bonds. The number of hydrogen-bond acceptors (Lipinski definition) is 4.